The van der Waals surface area contributed by atoms with Crippen molar-refractivity contribution < 1.29 is 36.6 Å². The Morgan fingerprint density at radius 3 is 1.90 bits per heavy atom. The standard InChI is InChI=1S/C18H13F6N3O2/c19-17(20,21)16(29,18(22,23)24)12-1-3-13(4-2-12)27-14(10-28)9-26-15(27)11-5-7-25-8-6-11/h1-9,28-29H,10H2. The molecule has 29 heavy (non-hydrogen) atoms. The number of alkyl halides is 6. The highest BCUT2D eigenvalue weighted by Gasteiger charge is 2.71. The van der Waals surface area contributed by atoms with Crippen molar-refractivity contribution in [3.8, 4) is 17.1 Å². The lowest BCUT2D eigenvalue weighted by Crippen LogP contribution is -2.53. The first-order valence-corrected chi connectivity index (χ1v) is 8.05. The highest BCUT2D eigenvalue weighted by atomic mass is 19.4. The van der Waals surface area contributed by atoms with Gasteiger partial charge in [-0.1, -0.05) is 12.1 Å². The van der Waals surface area contributed by atoms with E-state index in [0.717, 1.165) is 12.1 Å². The average molecular weight is 417 g/mol. The molecule has 2 aromatic heterocycles. The lowest BCUT2D eigenvalue weighted by atomic mass is 9.92. The van der Waals surface area contributed by atoms with Gasteiger partial charge in [-0.15, -0.1) is 0 Å². The number of hydrogen-bond acceptors (Lipinski definition) is 4. The van der Waals surface area contributed by atoms with Gasteiger partial charge in [0.25, 0.3) is 5.60 Å². The number of hydrogen-bond donors (Lipinski definition) is 2. The molecule has 3 rings (SSSR count). The number of aliphatic hydroxyl groups is 2. The molecule has 2 heterocycles. The maximum absolute atomic E-state index is 13.0. The van der Waals surface area contributed by atoms with E-state index in [2.05, 4.69) is 9.97 Å². The average Bonchev–Trinajstić information content (AvgIpc) is 3.10. The predicted molar refractivity (Wildman–Crippen MR) is 88.7 cm³/mol. The fourth-order valence-electron chi connectivity index (χ4n) is 2.83. The summed E-state index contributed by atoms with van der Waals surface area (Å²) >= 11 is 0. The highest BCUT2D eigenvalue weighted by molar-refractivity contribution is 5.59. The maximum Gasteiger partial charge on any atom is 0.430 e. The van der Waals surface area contributed by atoms with E-state index in [1.54, 1.807) is 12.1 Å². The highest BCUT2D eigenvalue weighted by Crippen LogP contribution is 2.50. The van der Waals surface area contributed by atoms with Crippen LogP contribution in [0.4, 0.5) is 26.3 Å². The summed E-state index contributed by atoms with van der Waals surface area (Å²) in [6.45, 7) is -0.477. The van der Waals surface area contributed by atoms with E-state index < -0.39 is 30.1 Å². The molecule has 2 N–H and O–H groups in total. The Labute approximate surface area is 159 Å². The molecular weight excluding hydrogens is 404 g/mol. The molecule has 0 unspecified atom stereocenters. The largest absolute Gasteiger partial charge is 0.430 e. The lowest BCUT2D eigenvalue weighted by Gasteiger charge is -2.32. The first-order valence-electron chi connectivity index (χ1n) is 8.05. The van der Waals surface area contributed by atoms with Gasteiger partial charge in [-0.05, 0) is 24.3 Å². The van der Waals surface area contributed by atoms with E-state index in [-0.39, 0.29) is 11.4 Å². The Hall–Kier alpha value is -2.92. The second-order valence-corrected chi connectivity index (χ2v) is 6.06. The van der Waals surface area contributed by atoms with Gasteiger partial charge in [0.05, 0.1) is 18.5 Å². The van der Waals surface area contributed by atoms with Crippen LogP contribution in [0.15, 0.2) is 55.0 Å². The second-order valence-electron chi connectivity index (χ2n) is 6.06. The molecule has 0 spiro atoms. The smallest absolute Gasteiger partial charge is 0.390 e. The summed E-state index contributed by atoms with van der Waals surface area (Å²) in [4.78, 5) is 8.01. The summed E-state index contributed by atoms with van der Waals surface area (Å²) in [5.74, 6) is 0.297. The van der Waals surface area contributed by atoms with Gasteiger partial charge in [0.2, 0.25) is 0 Å². The van der Waals surface area contributed by atoms with Crippen molar-refractivity contribution >= 4 is 0 Å². The molecule has 0 aliphatic heterocycles. The Morgan fingerprint density at radius 2 is 1.41 bits per heavy atom. The van der Waals surface area contributed by atoms with Crippen molar-refractivity contribution in [3.63, 3.8) is 0 Å². The molecule has 3 aromatic rings. The molecule has 0 aliphatic rings. The van der Waals surface area contributed by atoms with Crippen LogP contribution in [0.3, 0.4) is 0 Å². The number of nitrogens with zero attached hydrogens (tertiary/aromatic N) is 3. The van der Waals surface area contributed by atoms with Gasteiger partial charge < -0.3 is 10.2 Å². The third-order valence-electron chi connectivity index (χ3n) is 4.30. The molecule has 0 saturated heterocycles. The SMILES string of the molecule is OCc1cnc(-c2ccncc2)n1-c1ccc(C(O)(C(F)(F)F)C(F)(F)F)cc1. The van der Waals surface area contributed by atoms with Crippen LogP contribution < -0.4 is 0 Å². The van der Waals surface area contributed by atoms with E-state index in [9.17, 15) is 36.6 Å². The van der Waals surface area contributed by atoms with Crippen molar-refractivity contribution in [3.05, 3.63) is 66.2 Å². The van der Waals surface area contributed by atoms with Crippen molar-refractivity contribution in [1.29, 1.82) is 0 Å². The van der Waals surface area contributed by atoms with Gasteiger partial charge in [0.1, 0.15) is 5.82 Å². The Morgan fingerprint density at radius 1 is 0.862 bits per heavy atom. The molecule has 0 amide bonds. The van der Waals surface area contributed by atoms with Crippen LogP contribution in [0.1, 0.15) is 11.3 Å². The molecule has 0 bridgehead atoms. The zero-order chi connectivity index (χ0) is 21.4. The minimum absolute atomic E-state index is 0.147. The minimum Gasteiger partial charge on any atom is -0.390 e. The Bertz CT molecular complexity index is 968. The normalized spacial score (nSPS) is 13.0. The van der Waals surface area contributed by atoms with Gasteiger partial charge in [-0.2, -0.15) is 26.3 Å². The molecule has 11 heteroatoms. The van der Waals surface area contributed by atoms with Crippen LogP contribution in [-0.2, 0) is 12.2 Å². The van der Waals surface area contributed by atoms with E-state index in [1.165, 1.54) is 23.2 Å². The molecule has 0 saturated carbocycles. The van der Waals surface area contributed by atoms with Crippen molar-refractivity contribution in [2.45, 2.75) is 24.6 Å². The van der Waals surface area contributed by atoms with E-state index in [0.29, 0.717) is 23.5 Å². The summed E-state index contributed by atoms with van der Waals surface area (Å²) in [6.07, 6.45) is -7.67. The number of rotatable bonds is 4. The molecule has 0 fully saturated rings. The first-order chi connectivity index (χ1) is 13.5. The van der Waals surface area contributed by atoms with Crippen LogP contribution in [0, 0.1) is 0 Å². The fraction of sp³-hybridized carbons (Fsp3) is 0.222. The molecule has 1 aromatic carbocycles. The van der Waals surface area contributed by atoms with Gasteiger partial charge in [-0.25, -0.2) is 4.98 Å². The molecule has 154 valence electrons. The predicted octanol–water partition coefficient (Wildman–Crippen LogP) is 3.74. The van der Waals surface area contributed by atoms with E-state index >= 15 is 0 Å². The molecule has 0 aliphatic carbocycles. The van der Waals surface area contributed by atoms with E-state index in [1.807, 2.05) is 0 Å². The topological polar surface area (TPSA) is 71.2 Å². The van der Waals surface area contributed by atoms with Crippen molar-refractivity contribution in [2.24, 2.45) is 0 Å². The van der Waals surface area contributed by atoms with Crippen LogP contribution in [-0.4, -0.2) is 37.1 Å². The second kappa shape index (κ2) is 7.16. The quantitative estimate of drug-likeness (QED) is 0.635. The first kappa shape index (κ1) is 20.8. The van der Waals surface area contributed by atoms with E-state index in [4.69, 9.17) is 0 Å². The monoisotopic (exact) mass is 417 g/mol. The summed E-state index contributed by atoms with van der Waals surface area (Å²) in [6, 6.07) is 6.22. The van der Waals surface area contributed by atoms with Crippen molar-refractivity contribution in [2.75, 3.05) is 0 Å². The van der Waals surface area contributed by atoms with Crippen LogP contribution >= 0.6 is 0 Å². The van der Waals surface area contributed by atoms with Crippen LogP contribution in [0.5, 0.6) is 0 Å². The number of imidazole rings is 1. The zero-order valence-corrected chi connectivity index (χ0v) is 14.4. The summed E-state index contributed by atoms with van der Waals surface area (Å²) < 4.78 is 79.6. The molecular formula is C18H13F6N3O2. The maximum atomic E-state index is 13.0. The number of aliphatic hydroxyl groups excluding tert-OH is 1. The fourth-order valence-corrected chi connectivity index (χ4v) is 2.83. The van der Waals surface area contributed by atoms with Gasteiger partial charge >= 0.3 is 12.4 Å². The Kier molecular flexibility index (Phi) is 5.13. The summed E-state index contributed by atoms with van der Waals surface area (Å²) in [5, 5.41) is 19.0. The molecule has 5 nitrogen and oxygen atoms in total. The lowest BCUT2D eigenvalue weighted by molar-refractivity contribution is -0.376. The summed E-state index contributed by atoms with van der Waals surface area (Å²) in [7, 11) is 0. The zero-order valence-electron chi connectivity index (χ0n) is 14.4. The minimum atomic E-state index is -5.97. The van der Waals surface area contributed by atoms with Crippen LogP contribution in [0.2, 0.25) is 0 Å². The van der Waals surface area contributed by atoms with Gasteiger partial charge in [0.15, 0.2) is 0 Å². The Balaban J connectivity index is 2.12. The molecule has 0 atom stereocenters. The van der Waals surface area contributed by atoms with Gasteiger partial charge in [-0.3, -0.25) is 9.55 Å². The third-order valence-corrected chi connectivity index (χ3v) is 4.30. The number of benzene rings is 1. The van der Waals surface area contributed by atoms with Crippen LogP contribution in [0.25, 0.3) is 17.1 Å². The number of pyridine rings is 1. The third kappa shape index (κ3) is 3.47. The summed E-state index contributed by atoms with van der Waals surface area (Å²) in [5.41, 5.74) is -5.43. The van der Waals surface area contributed by atoms with Gasteiger partial charge in [0, 0.05) is 29.2 Å². The molecule has 0 radical (unpaired) electrons. The number of aromatic nitrogens is 3. The number of halogens is 6. The van der Waals surface area contributed by atoms with Crippen molar-refractivity contribution in [1.82, 2.24) is 14.5 Å².